The summed E-state index contributed by atoms with van der Waals surface area (Å²) in [6, 6.07) is 15.2. The van der Waals surface area contributed by atoms with Gasteiger partial charge in [0.15, 0.2) is 6.61 Å². The van der Waals surface area contributed by atoms with E-state index < -0.39 is 24.6 Å². The first-order chi connectivity index (χ1) is 13.3. The fourth-order valence-electron chi connectivity index (χ4n) is 2.61. The van der Waals surface area contributed by atoms with Crippen LogP contribution in [0.25, 0.3) is 0 Å². The van der Waals surface area contributed by atoms with E-state index in [9.17, 15) is 14.4 Å². The molecule has 0 aliphatic heterocycles. The fourth-order valence-corrected chi connectivity index (χ4v) is 2.61. The van der Waals surface area contributed by atoms with Crippen molar-refractivity contribution in [3.63, 3.8) is 0 Å². The molecule has 1 atom stereocenters. The van der Waals surface area contributed by atoms with E-state index in [1.165, 1.54) is 4.90 Å². The summed E-state index contributed by atoms with van der Waals surface area (Å²) in [4.78, 5) is 37.3. The van der Waals surface area contributed by atoms with Gasteiger partial charge in [-0.3, -0.25) is 4.79 Å². The Bertz CT molecular complexity index is 806. The molecule has 0 spiro atoms. The standard InChI is InChI=1S/C21H25N3O4/c1-15-8-10-17(11-9-15)13-24(2)19(25)14-28-20(26)18(23-21(22)27)12-16-6-4-3-5-7-16/h3-11,18H,12-14H2,1-2H3,(H3,22,23,27)/t18-/m0/s1. The molecule has 0 heterocycles. The van der Waals surface area contributed by atoms with Crippen LogP contribution < -0.4 is 11.1 Å². The van der Waals surface area contributed by atoms with E-state index in [-0.39, 0.29) is 12.3 Å². The maximum atomic E-state index is 12.3. The maximum Gasteiger partial charge on any atom is 0.329 e. The molecule has 2 aromatic rings. The number of urea groups is 1. The van der Waals surface area contributed by atoms with E-state index in [1.54, 1.807) is 7.05 Å². The summed E-state index contributed by atoms with van der Waals surface area (Å²) in [6.07, 6.45) is 0.218. The molecule has 0 saturated heterocycles. The van der Waals surface area contributed by atoms with Gasteiger partial charge in [0, 0.05) is 20.0 Å². The van der Waals surface area contributed by atoms with Gasteiger partial charge in [0.1, 0.15) is 6.04 Å². The van der Waals surface area contributed by atoms with Crippen molar-refractivity contribution in [2.24, 2.45) is 5.73 Å². The molecule has 0 aromatic heterocycles. The lowest BCUT2D eigenvalue weighted by Gasteiger charge is -2.19. The Labute approximate surface area is 164 Å². The molecule has 0 radical (unpaired) electrons. The first-order valence-corrected chi connectivity index (χ1v) is 8.91. The molecule has 0 aliphatic rings. The largest absolute Gasteiger partial charge is 0.454 e. The van der Waals surface area contributed by atoms with Crippen LogP contribution in [0.2, 0.25) is 0 Å². The first-order valence-electron chi connectivity index (χ1n) is 8.91. The van der Waals surface area contributed by atoms with E-state index in [4.69, 9.17) is 10.5 Å². The number of benzene rings is 2. The Hall–Kier alpha value is -3.35. The second-order valence-electron chi connectivity index (χ2n) is 6.59. The Morgan fingerprint density at radius 1 is 1.04 bits per heavy atom. The van der Waals surface area contributed by atoms with Gasteiger partial charge in [-0.15, -0.1) is 0 Å². The predicted octanol–water partition coefficient (Wildman–Crippen LogP) is 1.78. The van der Waals surface area contributed by atoms with Crippen LogP contribution in [0.5, 0.6) is 0 Å². The number of likely N-dealkylation sites (N-methyl/N-ethyl adjacent to an activating group) is 1. The molecule has 2 rings (SSSR count). The minimum absolute atomic E-state index is 0.218. The van der Waals surface area contributed by atoms with Crippen molar-refractivity contribution in [1.82, 2.24) is 10.2 Å². The third kappa shape index (κ3) is 6.75. The van der Waals surface area contributed by atoms with Crippen LogP contribution in [-0.2, 0) is 27.3 Å². The summed E-state index contributed by atoms with van der Waals surface area (Å²) in [5.41, 5.74) is 8.10. The van der Waals surface area contributed by atoms with Crippen LogP contribution in [0.4, 0.5) is 4.79 Å². The molecular weight excluding hydrogens is 358 g/mol. The summed E-state index contributed by atoms with van der Waals surface area (Å²) in [6.45, 7) is 1.99. The quantitative estimate of drug-likeness (QED) is 0.678. The number of amides is 3. The van der Waals surface area contributed by atoms with E-state index in [0.29, 0.717) is 6.54 Å². The second kappa shape index (κ2) is 10.1. The highest BCUT2D eigenvalue weighted by Gasteiger charge is 2.23. The number of hydrogen-bond donors (Lipinski definition) is 2. The van der Waals surface area contributed by atoms with Crippen LogP contribution in [0.3, 0.4) is 0 Å². The van der Waals surface area contributed by atoms with Crippen LogP contribution in [0.15, 0.2) is 54.6 Å². The highest BCUT2D eigenvalue weighted by atomic mass is 16.5. The van der Waals surface area contributed by atoms with Crippen molar-refractivity contribution in [3.05, 3.63) is 71.3 Å². The molecule has 7 nitrogen and oxygen atoms in total. The van der Waals surface area contributed by atoms with Crippen molar-refractivity contribution < 1.29 is 19.1 Å². The van der Waals surface area contributed by atoms with Crippen LogP contribution in [0.1, 0.15) is 16.7 Å². The van der Waals surface area contributed by atoms with Crippen molar-refractivity contribution >= 4 is 17.9 Å². The Balaban J connectivity index is 1.90. The number of carbonyl (C=O) groups is 3. The molecule has 28 heavy (non-hydrogen) atoms. The normalized spacial score (nSPS) is 11.4. The molecule has 3 amide bonds. The molecule has 7 heteroatoms. The summed E-state index contributed by atoms with van der Waals surface area (Å²) in [7, 11) is 1.64. The van der Waals surface area contributed by atoms with Gasteiger partial charge in [-0.25, -0.2) is 9.59 Å². The summed E-state index contributed by atoms with van der Waals surface area (Å²) in [5.74, 6) is -1.05. The Morgan fingerprint density at radius 2 is 1.68 bits per heavy atom. The number of esters is 1. The average molecular weight is 383 g/mol. The van der Waals surface area contributed by atoms with Crippen LogP contribution in [0, 0.1) is 6.92 Å². The summed E-state index contributed by atoms with van der Waals surface area (Å²) >= 11 is 0. The molecule has 148 valence electrons. The van der Waals surface area contributed by atoms with E-state index in [1.807, 2.05) is 61.5 Å². The second-order valence-corrected chi connectivity index (χ2v) is 6.59. The number of nitrogens with one attached hydrogen (secondary N) is 1. The maximum absolute atomic E-state index is 12.3. The third-order valence-corrected chi connectivity index (χ3v) is 4.19. The number of nitrogens with two attached hydrogens (primary N) is 1. The predicted molar refractivity (Wildman–Crippen MR) is 105 cm³/mol. The van der Waals surface area contributed by atoms with Gasteiger partial charge in [-0.2, -0.15) is 0 Å². The molecule has 0 bridgehead atoms. The van der Waals surface area contributed by atoms with Crippen LogP contribution in [-0.4, -0.2) is 42.5 Å². The minimum atomic E-state index is -0.963. The third-order valence-electron chi connectivity index (χ3n) is 4.19. The van der Waals surface area contributed by atoms with Gasteiger partial charge in [0.2, 0.25) is 0 Å². The van der Waals surface area contributed by atoms with Crippen LogP contribution >= 0.6 is 0 Å². The topological polar surface area (TPSA) is 102 Å². The van der Waals surface area contributed by atoms with Gasteiger partial charge >= 0.3 is 12.0 Å². The fraction of sp³-hybridized carbons (Fsp3) is 0.286. The van der Waals surface area contributed by atoms with Crippen molar-refractivity contribution in [1.29, 1.82) is 0 Å². The lowest BCUT2D eigenvalue weighted by molar-refractivity contribution is -0.153. The summed E-state index contributed by atoms with van der Waals surface area (Å²) < 4.78 is 5.12. The molecular formula is C21H25N3O4. The lowest BCUT2D eigenvalue weighted by atomic mass is 10.1. The molecule has 0 aliphatic carbocycles. The van der Waals surface area contributed by atoms with E-state index >= 15 is 0 Å². The van der Waals surface area contributed by atoms with Crippen molar-refractivity contribution in [3.8, 4) is 0 Å². The Kier molecular flexibility index (Phi) is 7.56. The zero-order valence-electron chi connectivity index (χ0n) is 16.1. The molecule has 2 aromatic carbocycles. The Morgan fingerprint density at radius 3 is 2.29 bits per heavy atom. The van der Waals surface area contributed by atoms with E-state index in [0.717, 1.165) is 16.7 Å². The van der Waals surface area contributed by atoms with Gasteiger partial charge in [-0.1, -0.05) is 60.2 Å². The van der Waals surface area contributed by atoms with Gasteiger partial charge in [0.05, 0.1) is 0 Å². The number of rotatable bonds is 8. The molecule has 0 saturated carbocycles. The minimum Gasteiger partial charge on any atom is -0.454 e. The number of aryl methyl sites for hydroxylation is 1. The zero-order chi connectivity index (χ0) is 20.5. The van der Waals surface area contributed by atoms with Crippen molar-refractivity contribution in [2.75, 3.05) is 13.7 Å². The average Bonchev–Trinajstić information content (AvgIpc) is 2.67. The highest BCUT2D eigenvalue weighted by Crippen LogP contribution is 2.07. The summed E-state index contributed by atoms with van der Waals surface area (Å²) in [5, 5.41) is 2.37. The smallest absolute Gasteiger partial charge is 0.329 e. The highest BCUT2D eigenvalue weighted by molar-refractivity contribution is 5.85. The zero-order valence-corrected chi connectivity index (χ0v) is 16.1. The number of carbonyl (C=O) groups excluding carboxylic acids is 3. The first kappa shape index (κ1) is 21.0. The van der Waals surface area contributed by atoms with Gasteiger partial charge < -0.3 is 20.7 Å². The number of primary amides is 1. The monoisotopic (exact) mass is 383 g/mol. The molecule has 3 N–H and O–H groups in total. The number of nitrogens with zero attached hydrogens (tertiary/aromatic N) is 1. The SMILES string of the molecule is Cc1ccc(CN(C)C(=O)COC(=O)[C@H](Cc2ccccc2)NC(N)=O)cc1. The number of hydrogen-bond acceptors (Lipinski definition) is 4. The van der Waals surface area contributed by atoms with Gasteiger partial charge in [-0.05, 0) is 18.1 Å². The lowest BCUT2D eigenvalue weighted by Crippen LogP contribution is -2.46. The molecule has 0 unspecified atom stereocenters. The van der Waals surface area contributed by atoms with Crippen molar-refractivity contribution in [2.45, 2.75) is 25.9 Å². The number of ether oxygens (including phenoxy) is 1. The van der Waals surface area contributed by atoms with E-state index in [2.05, 4.69) is 5.32 Å². The molecule has 0 fully saturated rings. The van der Waals surface area contributed by atoms with Gasteiger partial charge in [0.25, 0.3) is 5.91 Å².